The molecule has 0 spiro atoms. The van der Waals surface area contributed by atoms with Gasteiger partial charge < -0.3 is 11.1 Å². The number of hydrogen-bond donors (Lipinski definition) is 2. The van der Waals surface area contributed by atoms with E-state index in [0.717, 1.165) is 4.47 Å². The van der Waals surface area contributed by atoms with Gasteiger partial charge in [-0.05, 0) is 34.1 Å². The molecule has 5 heteroatoms. The molecule has 0 aromatic heterocycles. The molecular formula is C9H10BrClN2O. The maximum Gasteiger partial charge on any atom is 0.251 e. The first-order chi connectivity index (χ1) is 6.65. The molecule has 0 fully saturated rings. The summed E-state index contributed by atoms with van der Waals surface area (Å²) in [6.07, 6.45) is 0. The maximum atomic E-state index is 11.4. The Hall–Kier alpha value is -0.580. The van der Waals surface area contributed by atoms with Gasteiger partial charge in [-0.3, -0.25) is 4.79 Å². The zero-order valence-corrected chi connectivity index (χ0v) is 9.73. The zero-order chi connectivity index (χ0) is 10.6. The van der Waals surface area contributed by atoms with Crippen LogP contribution in [0.15, 0.2) is 22.7 Å². The fraction of sp³-hybridized carbons (Fsp3) is 0.222. The van der Waals surface area contributed by atoms with E-state index in [-0.39, 0.29) is 5.91 Å². The molecular weight excluding hydrogens is 267 g/mol. The smallest absolute Gasteiger partial charge is 0.251 e. The van der Waals surface area contributed by atoms with Crippen LogP contribution in [-0.2, 0) is 0 Å². The minimum atomic E-state index is -0.162. The zero-order valence-electron chi connectivity index (χ0n) is 7.39. The Morgan fingerprint density at radius 1 is 1.57 bits per heavy atom. The van der Waals surface area contributed by atoms with Gasteiger partial charge in [-0.1, -0.05) is 11.6 Å². The Morgan fingerprint density at radius 3 is 2.86 bits per heavy atom. The molecule has 1 amide bonds. The van der Waals surface area contributed by atoms with Gasteiger partial charge in [0.1, 0.15) is 0 Å². The van der Waals surface area contributed by atoms with Crippen LogP contribution < -0.4 is 11.1 Å². The van der Waals surface area contributed by atoms with E-state index >= 15 is 0 Å². The minimum Gasteiger partial charge on any atom is -0.351 e. The number of hydrogen-bond acceptors (Lipinski definition) is 2. The van der Waals surface area contributed by atoms with E-state index in [1.807, 2.05) is 0 Å². The van der Waals surface area contributed by atoms with Gasteiger partial charge in [0, 0.05) is 23.1 Å². The summed E-state index contributed by atoms with van der Waals surface area (Å²) in [4.78, 5) is 11.4. The van der Waals surface area contributed by atoms with E-state index < -0.39 is 0 Å². The molecule has 0 radical (unpaired) electrons. The van der Waals surface area contributed by atoms with Gasteiger partial charge in [-0.2, -0.15) is 0 Å². The number of rotatable bonds is 3. The Morgan fingerprint density at radius 2 is 2.29 bits per heavy atom. The monoisotopic (exact) mass is 276 g/mol. The molecule has 14 heavy (non-hydrogen) atoms. The van der Waals surface area contributed by atoms with Gasteiger partial charge in [-0.25, -0.2) is 0 Å². The molecule has 0 unspecified atom stereocenters. The van der Waals surface area contributed by atoms with Crippen LogP contribution in [0.3, 0.4) is 0 Å². The van der Waals surface area contributed by atoms with Gasteiger partial charge in [0.2, 0.25) is 0 Å². The Balaban J connectivity index is 2.76. The number of benzene rings is 1. The molecule has 0 saturated carbocycles. The van der Waals surface area contributed by atoms with Crippen LogP contribution in [0.4, 0.5) is 0 Å². The normalized spacial score (nSPS) is 9.93. The predicted molar refractivity (Wildman–Crippen MR) is 60.5 cm³/mol. The number of halogens is 2. The van der Waals surface area contributed by atoms with Gasteiger partial charge in [-0.15, -0.1) is 0 Å². The summed E-state index contributed by atoms with van der Waals surface area (Å²) < 4.78 is 0.773. The number of amides is 1. The summed E-state index contributed by atoms with van der Waals surface area (Å²) in [6, 6.07) is 5.04. The highest BCUT2D eigenvalue weighted by Gasteiger charge is 2.06. The first-order valence-electron chi connectivity index (χ1n) is 4.08. The third-order valence-electron chi connectivity index (χ3n) is 1.61. The summed E-state index contributed by atoms with van der Waals surface area (Å²) >= 11 is 9.09. The van der Waals surface area contributed by atoms with Crippen molar-refractivity contribution in [1.82, 2.24) is 5.32 Å². The molecule has 3 nitrogen and oxygen atoms in total. The minimum absolute atomic E-state index is 0.162. The molecule has 0 saturated heterocycles. The van der Waals surface area contributed by atoms with E-state index in [4.69, 9.17) is 17.3 Å². The van der Waals surface area contributed by atoms with Crippen LogP contribution in [0.1, 0.15) is 10.4 Å². The lowest BCUT2D eigenvalue weighted by Crippen LogP contribution is -2.28. The van der Waals surface area contributed by atoms with E-state index in [0.29, 0.717) is 23.7 Å². The van der Waals surface area contributed by atoms with E-state index in [2.05, 4.69) is 21.2 Å². The van der Waals surface area contributed by atoms with Crippen LogP contribution >= 0.6 is 27.5 Å². The quantitative estimate of drug-likeness (QED) is 0.885. The average Bonchev–Trinajstić information content (AvgIpc) is 2.18. The molecule has 0 aliphatic rings. The SMILES string of the molecule is NCCNC(=O)c1ccc(Br)c(Cl)c1. The predicted octanol–water partition coefficient (Wildman–Crippen LogP) is 1.79. The van der Waals surface area contributed by atoms with Crippen LogP contribution in [0.5, 0.6) is 0 Å². The van der Waals surface area contributed by atoms with Gasteiger partial charge in [0.05, 0.1) is 5.02 Å². The summed E-state index contributed by atoms with van der Waals surface area (Å²) in [5.41, 5.74) is 5.79. The maximum absolute atomic E-state index is 11.4. The highest BCUT2D eigenvalue weighted by atomic mass is 79.9. The van der Waals surface area contributed by atoms with Crippen molar-refractivity contribution >= 4 is 33.4 Å². The van der Waals surface area contributed by atoms with Crippen LogP contribution in [-0.4, -0.2) is 19.0 Å². The summed E-state index contributed by atoms with van der Waals surface area (Å²) in [6.45, 7) is 0.891. The second-order valence-electron chi connectivity index (χ2n) is 2.67. The lowest BCUT2D eigenvalue weighted by atomic mass is 10.2. The summed E-state index contributed by atoms with van der Waals surface area (Å²) in [5, 5.41) is 3.18. The van der Waals surface area contributed by atoms with Crippen molar-refractivity contribution in [2.24, 2.45) is 5.73 Å². The Bertz CT molecular complexity index is 344. The molecule has 1 rings (SSSR count). The molecule has 0 atom stereocenters. The van der Waals surface area contributed by atoms with Crippen molar-refractivity contribution in [2.45, 2.75) is 0 Å². The van der Waals surface area contributed by atoms with Crippen LogP contribution in [0.2, 0.25) is 5.02 Å². The third kappa shape index (κ3) is 2.97. The Kier molecular flexibility index (Phi) is 4.38. The molecule has 0 aliphatic heterocycles. The molecule has 3 N–H and O–H groups in total. The lowest BCUT2D eigenvalue weighted by Gasteiger charge is -2.04. The summed E-state index contributed by atoms with van der Waals surface area (Å²) in [5.74, 6) is -0.162. The second kappa shape index (κ2) is 5.34. The molecule has 0 bridgehead atoms. The van der Waals surface area contributed by atoms with E-state index in [1.54, 1.807) is 18.2 Å². The fourth-order valence-electron chi connectivity index (χ4n) is 0.925. The van der Waals surface area contributed by atoms with E-state index in [1.165, 1.54) is 0 Å². The summed E-state index contributed by atoms with van der Waals surface area (Å²) in [7, 11) is 0. The Labute approximate surface area is 95.7 Å². The topological polar surface area (TPSA) is 55.1 Å². The van der Waals surface area contributed by atoms with Crippen molar-refractivity contribution in [2.75, 3.05) is 13.1 Å². The van der Waals surface area contributed by atoms with E-state index in [9.17, 15) is 4.79 Å². The number of carbonyl (C=O) groups is 1. The number of carbonyl (C=O) groups excluding carboxylic acids is 1. The van der Waals surface area contributed by atoms with Gasteiger partial charge in [0.25, 0.3) is 5.91 Å². The van der Waals surface area contributed by atoms with Gasteiger partial charge >= 0.3 is 0 Å². The first kappa shape index (κ1) is 11.5. The molecule has 76 valence electrons. The number of nitrogens with two attached hydrogens (primary N) is 1. The first-order valence-corrected chi connectivity index (χ1v) is 5.25. The van der Waals surface area contributed by atoms with Crippen molar-refractivity contribution in [3.63, 3.8) is 0 Å². The largest absolute Gasteiger partial charge is 0.351 e. The van der Waals surface area contributed by atoms with Gasteiger partial charge in [0.15, 0.2) is 0 Å². The highest BCUT2D eigenvalue weighted by Crippen LogP contribution is 2.22. The fourth-order valence-corrected chi connectivity index (χ4v) is 1.35. The third-order valence-corrected chi connectivity index (χ3v) is 2.84. The lowest BCUT2D eigenvalue weighted by molar-refractivity contribution is 0.0955. The highest BCUT2D eigenvalue weighted by molar-refractivity contribution is 9.10. The molecule has 1 aromatic carbocycles. The number of nitrogens with one attached hydrogen (secondary N) is 1. The van der Waals surface area contributed by atoms with Crippen molar-refractivity contribution < 1.29 is 4.79 Å². The van der Waals surface area contributed by atoms with Crippen LogP contribution in [0.25, 0.3) is 0 Å². The molecule has 0 aliphatic carbocycles. The molecule has 0 heterocycles. The van der Waals surface area contributed by atoms with Crippen molar-refractivity contribution in [3.8, 4) is 0 Å². The standard InChI is InChI=1S/C9H10BrClN2O/c10-7-2-1-6(5-8(7)11)9(14)13-4-3-12/h1-2,5H,3-4,12H2,(H,13,14). The van der Waals surface area contributed by atoms with Crippen molar-refractivity contribution in [1.29, 1.82) is 0 Å². The second-order valence-corrected chi connectivity index (χ2v) is 3.94. The van der Waals surface area contributed by atoms with Crippen LogP contribution in [0, 0.1) is 0 Å². The molecule has 1 aromatic rings. The van der Waals surface area contributed by atoms with Crippen molar-refractivity contribution in [3.05, 3.63) is 33.3 Å². The average molecular weight is 278 g/mol.